The fraction of sp³-hybridized carbons (Fsp3) is 0.917. The number of rotatable bonds is 12. The third-order valence-corrected chi connectivity index (χ3v) is 2.03. The van der Waals surface area contributed by atoms with Gasteiger partial charge in [-0.25, -0.2) is 4.39 Å². The van der Waals surface area contributed by atoms with Crippen LogP contribution in [0.25, 0.3) is 0 Å². The molecule has 2 N–H and O–H groups in total. The first-order chi connectivity index (χ1) is 10.7. The van der Waals surface area contributed by atoms with Crippen molar-refractivity contribution in [1.82, 2.24) is 0 Å². The van der Waals surface area contributed by atoms with Crippen LogP contribution in [0.1, 0.15) is 0 Å². The summed E-state index contributed by atoms with van der Waals surface area (Å²) in [5.74, 6) is 0. The van der Waals surface area contributed by atoms with Crippen LogP contribution in [0.15, 0.2) is 0 Å². The summed E-state index contributed by atoms with van der Waals surface area (Å²) >= 11 is 0. The van der Waals surface area contributed by atoms with Gasteiger partial charge in [0.15, 0.2) is 0 Å². The second-order valence-electron chi connectivity index (χ2n) is 4.41. The van der Waals surface area contributed by atoms with Crippen molar-refractivity contribution in [2.24, 2.45) is 0 Å². The third kappa shape index (κ3) is 20.4. The molecule has 2 atom stereocenters. The van der Waals surface area contributed by atoms with Crippen LogP contribution in [0.3, 0.4) is 0 Å². The van der Waals surface area contributed by atoms with E-state index in [1.54, 1.807) is 0 Å². The monoisotopic (exact) mass is 622 g/mol. The van der Waals surface area contributed by atoms with E-state index in [9.17, 15) is 22.0 Å². The molecular weight excluding hydrogens is 602 g/mol. The minimum atomic E-state index is -3.71. The molecule has 1 saturated heterocycles. The number of halogens is 5. The first-order valence-corrected chi connectivity index (χ1v) is 6.60. The molecule has 0 radical (unpaired) electrons. The van der Waals surface area contributed by atoms with Gasteiger partial charge in [-0.05, 0) is 6.61 Å². The van der Waals surface area contributed by atoms with Crippen LogP contribution in [0, 0.1) is 6.43 Å². The molecule has 0 saturated carbocycles. The fourth-order valence-electron chi connectivity index (χ4n) is 1.07. The van der Waals surface area contributed by atoms with Gasteiger partial charge in [-0.3, -0.25) is 0 Å². The Morgan fingerprint density at radius 2 is 1.79 bits per heavy atom. The molecule has 0 amide bonds. The van der Waals surface area contributed by atoms with Gasteiger partial charge >= 0.3 is 6.11 Å². The number of hydrogen-bond donors (Lipinski definition) is 2. The Morgan fingerprint density at radius 3 is 2.25 bits per heavy atom. The van der Waals surface area contributed by atoms with E-state index in [0.717, 1.165) is 0 Å². The van der Waals surface area contributed by atoms with Gasteiger partial charge in [-0.2, -0.15) is 8.78 Å². The molecule has 1 aliphatic heterocycles. The van der Waals surface area contributed by atoms with E-state index in [1.165, 1.54) is 0 Å². The minimum absolute atomic E-state index is 0. The summed E-state index contributed by atoms with van der Waals surface area (Å²) in [6.45, 7) is -2.15. The average molecular weight is 622 g/mol. The van der Waals surface area contributed by atoms with Crippen molar-refractivity contribution in [1.29, 1.82) is 0 Å². The maximum Gasteiger partial charge on any atom is 0.376 e. The summed E-state index contributed by atoms with van der Waals surface area (Å²) in [7, 11) is 0. The summed E-state index contributed by atoms with van der Waals surface area (Å²) < 4.78 is 75.5. The quantitative estimate of drug-likeness (QED) is 0.145. The van der Waals surface area contributed by atoms with Gasteiger partial charge in [0.1, 0.15) is 25.5 Å². The van der Waals surface area contributed by atoms with Crippen molar-refractivity contribution in [3.63, 3.8) is 0 Å². The molecule has 0 aromatic carbocycles. The normalized spacial score (nSPS) is 17.8. The van der Waals surface area contributed by atoms with Crippen LogP contribution in [-0.2, 0) is 18.9 Å². The van der Waals surface area contributed by atoms with E-state index in [0.29, 0.717) is 6.61 Å². The molecule has 142 valence electrons. The van der Waals surface area contributed by atoms with E-state index in [2.05, 4.69) is 18.9 Å². The molecule has 0 aromatic rings. The number of aliphatic hydroxyl groups is 2. The molecule has 2 unspecified atom stereocenters. The summed E-state index contributed by atoms with van der Waals surface area (Å²) in [4.78, 5) is 0. The molecule has 1 aliphatic rings. The molecule has 24 heavy (non-hydrogen) atoms. The minimum Gasteiger partial charge on any atom is -0.419 e. The zero-order chi connectivity index (χ0) is 17.7. The van der Waals surface area contributed by atoms with Crippen LogP contribution in [0.4, 0.5) is 22.0 Å². The molecule has 1 heterocycles. The maximum atomic E-state index is 11.6. The van der Waals surface area contributed by atoms with Crippen LogP contribution >= 0.6 is 0 Å². The van der Waals surface area contributed by atoms with E-state index >= 15 is 0 Å². The van der Waals surface area contributed by atoms with Crippen LogP contribution in [-0.4, -0.2) is 81.5 Å². The molecule has 1 fully saturated rings. The predicted molar refractivity (Wildman–Crippen MR) is 66.8 cm³/mol. The first-order valence-electron chi connectivity index (χ1n) is 6.60. The number of epoxide rings is 1. The Bertz CT molecular complexity index is 281. The van der Waals surface area contributed by atoms with Crippen LogP contribution < -0.4 is 0 Å². The van der Waals surface area contributed by atoms with Crippen molar-refractivity contribution in [3.05, 3.63) is 6.43 Å². The first kappa shape index (κ1) is 24.7. The Morgan fingerprint density at radius 1 is 1.21 bits per heavy atom. The summed E-state index contributed by atoms with van der Waals surface area (Å²) in [5.41, 5.74) is 0. The van der Waals surface area contributed by atoms with Gasteiger partial charge in [0.05, 0.1) is 33.0 Å². The Hall–Kier alpha value is -1.59. The average Bonchev–Trinajstić information content (AvgIpc) is 3.22. The van der Waals surface area contributed by atoms with Crippen LogP contribution in [0.5, 0.6) is 0 Å². The number of ether oxygens (including phenoxy) is 4. The molecule has 12 heteroatoms. The SMILES string of the molecule is OC(COCCF)COC[C-](F)F.OC(F)(F)COCC1CO1.[Rf]. The zero-order valence-electron chi connectivity index (χ0n) is 12.9. The number of alkyl halides is 3. The van der Waals surface area contributed by atoms with Gasteiger partial charge < -0.3 is 37.9 Å². The smallest absolute Gasteiger partial charge is 0.376 e. The maximum absolute atomic E-state index is 11.6. The largest absolute Gasteiger partial charge is 0.419 e. The van der Waals surface area contributed by atoms with Gasteiger partial charge in [-0.1, -0.05) is 0 Å². The van der Waals surface area contributed by atoms with Crippen molar-refractivity contribution < 1.29 is 51.1 Å². The van der Waals surface area contributed by atoms with Crippen LogP contribution in [0.2, 0.25) is 0 Å². The van der Waals surface area contributed by atoms with E-state index in [4.69, 9.17) is 10.2 Å². The van der Waals surface area contributed by atoms with Gasteiger partial charge in [0.2, 0.25) is 0 Å². The number of aliphatic hydroxyl groups excluding tert-OH is 1. The topological polar surface area (TPSA) is 80.7 Å². The zero-order valence-corrected chi connectivity index (χ0v) is 19.3. The second-order valence-corrected chi connectivity index (χ2v) is 4.41. The van der Waals surface area contributed by atoms with Gasteiger partial charge in [-0.15, -0.1) is 0 Å². The summed E-state index contributed by atoms with van der Waals surface area (Å²) in [5, 5.41) is 16.8. The fourth-order valence-corrected chi connectivity index (χ4v) is 1.07. The standard InChI is InChI=1S/C7H12F3O3.C5H8F2O3.Rf/c8-1-2-12-3-6(11)4-13-5-7(9)10;6-5(7,8)3-9-1-4-2-10-4;/h6,11H,1-5H2;4,8H,1-3H2;/q-1;;. The van der Waals surface area contributed by atoms with Crippen molar-refractivity contribution in [3.8, 4) is 0 Å². The molecule has 0 bridgehead atoms. The molecule has 0 aliphatic carbocycles. The Labute approximate surface area is 130 Å². The summed E-state index contributed by atoms with van der Waals surface area (Å²) in [6.07, 6.45) is -6.60. The summed E-state index contributed by atoms with van der Waals surface area (Å²) in [6, 6.07) is 0. The van der Waals surface area contributed by atoms with E-state index < -0.39 is 38.5 Å². The van der Waals surface area contributed by atoms with E-state index in [1.807, 2.05) is 0 Å². The second kappa shape index (κ2) is 13.8. The molecular formula is C12H20F5O6Rf-. The van der Waals surface area contributed by atoms with Crippen molar-refractivity contribution in [2.45, 2.75) is 18.3 Å². The van der Waals surface area contributed by atoms with Gasteiger partial charge in [0.25, 0.3) is 0 Å². The Balaban J connectivity index is 0. The van der Waals surface area contributed by atoms with Crippen molar-refractivity contribution >= 4 is 0 Å². The third-order valence-electron chi connectivity index (χ3n) is 2.03. The molecule has 6 nitrogen and oxygen atoms in total. The number of hydrogen-bond acceptors (Lipinski definition) is 6. The Kier molecular flexibility index (Phi) is 14.2. The van der Waals surface area contributed by atoms with E-state index in [-0.39, 0.29) is 32.5 Å². The predicted octanol–water partition coefficient (Wildman–Crippen LogP) is 0.765. The molecule has 0 aromatic heterocycles. The van der Waals surface area contributed by atoms with Crippen molar-refractivity contribution in [2.75, 3.05) is 52.9 Å². The molecule has 1 rings (SSSR count). The van der Waals surface area contributed by atoms with Gasteiger partial charge in [0, 0.05) is 6.43 Å². The molecule has 0 spiro atoms.